The van der Waals surface area contributed by atoms with Gasteiger partial charge in [0.15, 0.2) is 5.82 Å². The zero-order valence-corrected chi connectivity index (χ0v) is 15.6. The topological polar surface area (TPSA) is 50.3 Å². The molecule has 4 nitrogen and oxygen atoms in total. The SMILES string of the molecule is C=CCC(C)N(c1ncccc1Br)S(=O)(=O)c1ccc(Cl)cc1. The number of hydrogen-bond donors (Lipinski definition) is 0. The van der Waals surface area contributed by atoms with Gasteiger partial charge in [-0.15, -0.1) is 6.58 Å². The molecule has 1 atom stereocenters. The minimum absolute atomic E-state index is 0.162. The summed E-state index contributed by atoms with van der Waals surface area (Å²) >= 11 is 9.23. The second kappa shape index (κ2) is 7.47. The van der Waals surface area contributed by atoms with Gasteiger partial charge >= 0.3 is 0 Å². The van der Waals surface area contributed by atoms with Gasteiger partial charge in [0, 0.05) is 17.3 Å². The van der Waals surface area contributed by atoms with Crippen molar-refractivity contribution in [1.82, 2.24) is 4.98 Å². The van der Waals surface area contributed by atoms with Crippen LogP contribution in [-0.4, -0.2) is 19.4 Å². The first-order valence-electron chi connectivity index (χ1n) is 6.89. The Morgan fingerprint density at radius 2 is 2.00 bits per heavy atom. The van der Waals surface area contributed by atoms with Crippen molar-refractivity contribution in [3.8, 4) is 0 Å². The third kappa shape index (κ3) is 3.94. The number of rotatable bonds is 6. The maximum absolute atomic E-state index is 13.1. The van der Waals surface area contributed by atoms with Gasteiger partial charge < -0.3 is 0 Å². The van der Waals surface area contributed by atoms with E-state index in [-0.39, 0.29) is 10.9 Å². The number of pyridine rings is 1. The molecule has 0 aliphatic heterocycles. The molecule has 1 aromatic heterocycles. The Balaban J connectivity index is 2.59. The van der Waals surface area contributed by atoms with Crippen molar-refractivity contribution in [3.05, 3.63) is 64.7 Å². The van der Waals surface area contributed by atoms with E-state index in [1.54, 1.807) is 36.5 Å². The first kappa shape index (κ1) is 18.0. The molecule has 7 heteroatoms. The Hall–Kier alpha value is -1.37. The average Bonchev–Trinajstić information content (AvgIpc) is 2.50. The maximum atomic E-state index is 13.1. The molecule has 2 rings (SSSR count). The van der Waals surface area contributed by atoms with Gasteiger partial charge in [-0.25, -0.2) is 17.7 Å². The van der Waals surface area contributed by atoms with Crippen LogP contribution in [-0.2, 0) is 10.0 Å². The van der Waals surface area contributed by atoms with Gasteiger partial charge in [-0.1, -0.05) is 17.7 Å². The van der Waals surface area contributed by atoms with Gasteiger partial charge in [0.2, 0.25) is 0 Å². The van der Waals surface area contributed by atoms with E-state index >= 15 is 0 Å². The zero-order valence-electron chi connectivity index (χ0n) is 12.5. The number of sulfonamides is 1. The summed E-state index contributed by atoms with van der Waals surface area (Å²) in [5.41, 5.74) is 0. The Morgan fingerprint density at radius 3 is 2.57 bits per heavy atom. The highest BCUT2D eigenvalue weighted by molar-refractivity contribution is 9.10. The molecule has 0 radical (unpaired) electrons. The molecule has 0 saturated heterocycles. The van der Waals surface area contributed by atoms with Crippen molar-refractivity contribution in [2.24, 2.45) is 0 Å². The van der Waals surface area contributed by atoms with Crippen LogP contribution in [0.2, 0.25) is 5.02 Å². The monoisotopic (exact) mass is 414 g/mol. The fourth-order valence-corrected chi connectivity index (χ4v) is 4.49. The number of hydrogen-bond acceptors (Lipinski definition) is 3. The summed E-state index contributed by atoms with van der Waals surface area (Å²) in [4.78, 5) is 4.39. The first-order valence-corrected chi connectivity index (χ1v) is 9.50. The van der Waals surface area contributed by atoms with Crippen LogP contribution in [0.1, 0.15) is 13.3 Å². The van der Waals surface area contributed by atoms with E-state index in [1.165, 1.54) is 16.4 Å². The van der Waals surface area contributed by atoms with Crippen LogP contribution in [0, 0.1) is 0 Å². The van der Waals surface area contributed by atoms with E-state index < -0.39 is 10.0 Å². The predicted octanol–water partition coefficient (Wildman–Crippen LogP) is 4.66. The summed E-state index contributed by atoms with van der Waals surface area (Å²) in [7, 11) is -3.78. The quantitative estimate of drug-likeness (QED) is 0.645. The van der Waals surface area contributed by atoms with Crippen LogP contribution in [0.15, 0.2) is 64.6 Å². The number of halogens is 2. The summed E-state index contributed by atoms with van der Waals surface area (Å²) in [5, 5.41) is 0.480. The van der Waals surface area contributed by atoms with Gasteiger partial charge in [-0.3, -0.25) is 0 Å². The highest BCUT2D eigenvalue weighted by atomic mass is 79.9. The van der Waals surface area contributed by atoms with Crippen LogP contribution in [0.25, 0.3) is 0 Å². The van der Waals surface area contributed by atoms with Crippen LogP contribution in [0.5, 0.6) is 0 Å². The minimum Gasteiger partial charge on any atom is -0.246 e. The Labute approximate surface area is 150 Å². The lowest BCUT2D eigenvalue weighted by Gasteiger charge is -2.29. The summed E-state index contributed by atoms with van der Waals surface area (Å²) in [6, 6.07) is 9.24. The van der Waals surface area contributed by atoms with Gasteiger partial charge in [0.05, 0.1) is 9.37 Å². The number of anilines is 1. The maximum Gasteiger partial charge on any atom is 0.265 e. The molecule has 2 aromatic rings. The molecule has 0 bridgehead atoms. The van der Waals surface area contributed by atoms with Gasteiger partial charge in [-0.2, -0.15) is 0 Å². The first-order chi connectivity index (χ1) is 10.9. The molecule has 0 spiro atoms. The molecular weight excluding hydrogens is 400 g/mol. The lowest BCUT2D eigenvalue weighted by atomic mass is 10.2. The summed E-state index contributed by atoms with van der Waals surface area (Å²) in [6.45, 7) is 5.51. The van der Waals surface area contributed by atoms with Crippen LogP contribution in [0.4, 0.5) is 5.82 Å². The number of nitrogens with zero attached hydrogens (tertiary/aromatic N) is 2. The van der Waals surface area contributed by atoms with E-state index in [2.05, 4.69) is 27.5 Å². The molecule has 23 heavy (non-hydrogen) atoms. The average molecular weight is 416 g/mol. The smallest absolute Gasteiger partial charge is 0.246 e. The normalized spacial score (nSPS) is 12.7. The van der Waals surface area contributed by atoms with Crippen LogP contribution in [0.3, 0.4) is 0 Å². The number of benzene rings is 1. The van der Waals surface area contributed by atoms with Crippen molar-refractivity contribution in [2.75, 3.05) is 4.31 Å². The summed E-state index contributed by atoms with van der Waals surface area (Å²) in [6.07, 6.45) is 3.74. The molecule has 0 amide bonds. The second-order valence-electron chi connectivity index (χ2n) is 4.94. The van der Waals surface area contributed by atoms with Crippen LogP contribution < -0.4 is 4.31 Å². The van der Waals surface area contributed by atoms with Crippen molar-refractivity contribution in [1.29, 1.82) is 0 Å². The molecule has 1 unspecified atom stereocenters. The molecule has 0 fully saturated rings. The third-order valence-electron chi connectivity index (χ3n) is 3.23. The highest BCUT2D eigenvalue weighted by Crippen LogP contribution is 2.31. The lowest BCUT2D eigenvalue weighted by molar-refractivity contribution is 0.579. The third-order valence-corrected chi connectivity index (χ3v) is 6.02. The van der Waals surface area contributed by atoms with Gasteiger partial charge in [0.1, 0.15) is 0 Å². The molecule has 0 aliphatic carbocycles. The minimum atomic E-state index is -3.78. The zero-order chi connectivity index (χ0) is 17.0. The van der Waals surface area contributed by atoms with Crippen molar-refractivity contribution >= 4 is 43.4 Å². The molecule has 0 N–H and O–H groups in total. The highest BCUT2D eigenvalue weighted by Gasteiger charge is 2.31. The largest absolute Gasteiger partial charge is 0.265 e. The second-order valence-corrected chi connectivity index (χ2v) is 8.04. The Morgan fingerprint density at radius 1 is 1.35 bits per heavy atom. The Bertz CT molecular complexity index is 794. The fraction of sp³-hybridized carbons (Fsp3) is 0.188. The van der Waals surface area contributed by atoms with E-state index in [0.717, 1.165) is 0 Å². The molecule has 0 aliphatic rings. The fourth-order valence-electron chi connectivity index (χ4n) is 2.16. The van der Waals surface area contributed by atoms with Crippen molar-refractivity contribution < 1.29 is 8.42 Å². The molecule has 1 heterocycles. The van der Waals surface area contributed by atoms with E-state index in [1.807, 2.05) is 6.92 Å². The van der Waals surface area contributed by atoms with Gasteiger partial charge in [0.25, 0.3) is 10.0 Å². The van der Waals surface area contributed by atoms with Crippen molar-refractivity contribution in [2.45, 2.75) is 24.3 Å². The van der Waals surface area contributed by atoms with Crippen LogP contribution >= 0.6 is 27.5 Å². The lowest BCUT2D eigenvalue weighted by Crippen LogP contribution is -2.39. The molecule has 0 saturated carbocycles. The Kier molecular flexibility index (Phi) is 5.84. The molecule has 122 valence electrons. The standard InChI is InChI=1S/C16H16BrClN2O2S/c1-3-5-12(2)20(16-15(17)6-4-11-19-16)23(21,22)14-9-7-13(18)8-10-14/h3-4,6-12H,1,5H2,2H3. The molecule has 1 aromatic carbocycles. The van der Waals surface area contributed by atoms with Crippen molar-refractivity contribution in [3.63, 3.8) is 0 Å². The van der Waals surface area contributed by atoms with E-state index in [4.69, 9.17) is 11.6 Å². The summed E-state index contributed by atoms with van der Waals surface area (Å²) < 4.78 is 28.1. The molecular formula is C16H16BrClN2O2S. The van der Waals surface area contributed by atoms with E-state index in [0.29, 0.717) is 21.7 Å². The van der Waals surface area contributed by atoms with Gasteiger partial charge in [-0.05, 0) is 65.7 Å². The number of aromatic nitrogens is 1. The summed E-state index contributed by atoms with van der Waals surface area (Å²) in [5.74, 6) is 0.344. The predicted molar refractivity (Wildman–Crippen MR) is 97.3 cm³/mol. The van der Waals surface area contributed by atoms with E-state index in [9.17, 15) is 8.42 Å².